The van der Waals surface area contributed by atoms with E-state index in [4.69, 9.17) is 11.6 Å². The van der Waals surface area contributed by atoms with Crippen LogP contribution in [0.2, 0.25) is 0 Å². The van der Waals surface area contributed by atoms with Crippen molar-refractivity contribution in [3.63, 3.8) is 0 Å². The standard InChI is InChI=1S/C11H8ClF2NO3/c12-8-7(9(16)15-10(8)17)5-1-3-6(4-2-5)18-11(13)14/h1-4,7-8,11H,(H,15,16,17). The van der Waals surface area contributed by atoms with Crippen LogP contribution in [-0.4, -0.2) is 23.8 Å². The third kappa shape index (κ3) is 2.43. The Balaban J connectivity index is 2.19. The highest BCUT2D eigenvalue weighted by molar-refractivity contribution is 6.37. The number of ether oxygens (including phenoxy) is 1. The largest absolute Gasteiger partial charge is 0.435 e. The normalized spacial score (nSPS) is 23.3. The minimum absolute atomic E-state index is 0.0235. The van der Waals surface area contributed by atoms with Crippen LogP contribution in [0, 0.1) is 0 Å². The van der Waals surface area contributed by atoms with Crippen LogP contribution < -0.4 is 10.1 Å². The second-order valence-corrected chi connectivity index (χ2v) is 4.15. The lowest BCUT2D eigenvalue weighted by Crippen LogP contribution is -2.22. The SMILES string of the molecule is O=C1NC(=O)C(c2ccc(OC(F)F)cc2)C1Cl. The van der Waals surface area contributed by atoms with Crippen LogP contribution in [0.5, 0.6) is 5.75 Å². The summed E-state index contributed by atoms with van der Waals surface area (Å²) in [6, 6.07) is 5.44. The zero-order valence-corrected chi connectivity index (χ0v) is 9.66. The summed E-state index contributed by atoms with van der Waals surface area (Å²) in [5, 5.41) is 1.11. The summed E-state index contributed by atoms with van der Waals surface area (Å²) in [7, 11) is 0. The monoisotopic (exact) mass is 275 g/mol. The molecule has 96 valence electrons. The van der Waals surface area contributed by atoms with E-state index in [1.165, 1.54) is 24.3 Å². The number of nitrogens with one attached hydrogen (secondary N) is 1. The summed E-state index contributed by atoms with van der Waals surface area (Å²) >= 11 is 5.80. The number of hydrogen-bond acceptors (Lipinski definition) is 3. The molecule has 0 bridgehead atoms. The van der Waals surface area contributed by atoms with E-state index in [0.717, 1.165) is 0 Å². The van der Waals surface area contributed by atoms with Crippen LogP contribution in [0.25, 0.3) is 0 Å². The first-order valence-electron chi connectivity index (χ1n) is 5.02. The molecule has 2 amide bonds. The highest BCUT2D eigenvalue weighted by atomic mass is 35.5. The second-order valence-electron chi connectivity index (χ2n) is 3.68. The third-order valence-corrected chi connectivity index (χ3v) is 2.99. The predicted molar refractivity (Wildman–Crippen MR) is 58.6 cm³/mol. The Kier molecular flexibility index (Phi) is 3.47. The molecule has 0 saturated carbocycles. The van der Waals surface area contributed by atoms with E-state index in [1.54, 1.807) is 0 Å². The van der Waals surface area contributed by atoms with Crippen LogP contribution in [0.1, 0.15) is 11.5 Å². The predicted octanol–water partition coefficient (Wildman–Crippen LogP) is 1.64. The highest BCUT2D eigenvalue weighted by Crippen LogP contribution is 2.30. The number of benzene rings is 1. The van der Waals surface area contributed by atoms with Gasteiger partial charge in [-0.25, -0.2) is 0 Å². The number of hydrogen-bond donors (Lipinski definition) is 1. The average molecular weight is 276 g/mol. The average Bonchev–Trinajstić information content (AvgIpc) is 2.54. The molecular weight excluding hydrogens is 268 g/mol. The molecule has 1 aromatic carbocycles. The van der Waals surface area contributed by atoms with E-state index >= 15 is 0 Å². The number of rotatable bonds is 3. The summed E-state index contributed by atoms with van der Waals surface area (Å²) < 4.78 is 28.1. The Bertz CT molecular complexity index is 478. The van der Waals surface area contributed by atoms with Crippen LogP contribution >= 0.6 is 11.6 Å². The first-order valence-corrected chi connectivity index (χ1v) is 5.46. The van der Waals surface area contributed by atoms with Gasteiger partial charge in [-0.15, -0.1) is 11.6 Å². The smallest absolute Gasteiger partial charge is 0.387 e. The van der Waals surface area contributed by atoms with Crippen molar-refractivity contribution in [2.24, 2.45) is 0 Å². The molecule has 0 radical (unpaired) electrons. The number of halogens is 3. The summed E-state index contributed by atoms with van der Waals surface area (Å²) in [5.41, 5.74) is 0.472. The highest BCUT2D eigenvalue weighted by Gasteiger charge is 2.41. The Labute approximate surface area is 106 Å². The van der Waals surface area contributed by atoms with Gasteiger partial charge in [0.1, 0.15) is 11.1 Å². The zero-order chi connectivity index (χ0) is 13.3. The van der Waals surface area contributed by atoms with Crippen molar-refractivity contribution in [2.45, 2.75) is 17.9 Å². The van der Waals surface area contributed by atoms with E-state index in [1.807, 2.05) is 0 Å². The zero-order valence-electron chi connectivity index (χ0n) is 8.90. The van der Waals surface area contributed by atoms with E-state index in [0.29, 0.717) is 5.56 Å². The minimum Gasteiger partial charge on any atom is -0.435 e. The molecule has 1 N–H and O–H groups in total. The number of alkyl halides is 3. The molecule has 7 heteroatoms. The molecule has 0 aromatic heterocycles. The lowest BCUT2D eigenvalue weighted by molar-refractivity contribution is -0.125. The first-order chi connectivity index (χ1) is 8.49. The molecule has 0 aliphatic carbocycles. The van der Waals surface area contributed by atoms with Gasteiger partial charge in [-0.05, 0) is 17.7 Å². The summed E-state index contributed by atoms with van der Waals surface area (Å²) in [6.07, 6.45) is 0. The lowest BCUT2D eigenvalue weighted by atomic mass is 9.97. The van der Waals surface area contributed by atoms with Gasteiger partial charge >= 0.3 is 6.61 Å². The number of imide groups is 1. The maximum Gasteiger partial charge on any atom is 0.387 e. The quantitative estimate of drug-likeness (QED) is 0.674. The van der Waals surface area contributed by atoms with Crippen LogP contribution in [0.4, 0.5) is 8.78 Å². The number of carbonyl (C=O) groups excluding carboxylic acids is 2. The van der Waals surface area contributed by atoms with Crippen molar-refractivity contribution in [3.8, 4) is 5.75 Å². The first kappa shape index (κ1) is 12.8. The maximum absolute atomic E-state index is 11.9. The molecule has 1 fully saturated rings. The van der Waals surface area contributed by atoms with Gasteiger partial charge in [-0.1, -0.05) is 12.1 Å². The fourth-order valence-electron chi connectivity index (χ4n) is 1.73. The van der Waals surface area contributed by atoms with E-state index in [9.17, 15) is 18.4 Å². The van der Waals surface area contributed by atoms with E-state index in [2.05, 4.69) is 10.1 Å². The molecule has 1 aliphatic rings. The molecule has 1 aromatic rings. The summed E-state index contributed by atoms with van der Waals surface area (Å²) in [4.78, 5) is 22.7. The molecular formula is C11H8ClF2NO3. The molecule has 1 heterocycles. The van der Waals surface area contributed by atoms with Crippen LogP contribution in [-0.2, 0) is 9.59 Å². The molecule has 1 aliphatic heterocycles. The van der Waals surface area contributed by atoms with Crippen LogP contribution in [0.3, 0.4) is 0 Å². The molecule has 2 unspecified atom stereocenters. The second kappa shape index (κ2) is 4.89. The van der Waals surface area contributed by atoms with Crippen molar-refractivity contribution in [2.75, 3.05) is 0 Å². The molecule has 4 nitrogen and oxygen atoms in total. The van der Waals surface area contributed by atoms with Crippen molar-refractivity contribution in [1.82, 2.24) is 5.32 Å². The molecule has 2 rings (SSSR count). The Morgan fingerprint density at radius 3 is 2.22 bits per heavy atom. The van der Waals surface area contributed by atoms with Gasteiger partial charge in [0, 0.05) is 0 Å². The van der Waals surface area contributed by atoms with Gasteiger partial charge in [-0.3, -0.25) is 14.9 Å². The Hall–Kier alpha value is -1.69. The molecule has 1 saturated heterocycles. The minimum atomic E-state index is -2.91. The number of amides is 2. The van der Waals surface area contributed by atoms with Gasteiger partial charge in [-0.2, -0.15) is 8.78 Å². The summed E-state index contributed by atoms with van der Waals surface area (Å²) in [5.74, 6) is -1.88. The van der Waals surface area contributed by atoms with E-state index in [-0.39, 0.29) is 5.75 Å². The maximum atomic E-state index is 11.9. The Morgan fingerprint density at radius 1 is 1.17 bits per heavy atom. The molecule has 2 atom stereocenters. The Morgan fingerprint density at radius 2 is 1.78 bits per heavy atom. The van der Waals surface area contributed by atoms with E-state index < -0.39 is 29.7 Å². The fourth-order valence-corrected chi connectivity index (χ4v) is 2.04. The molecule has 18 heavy (non-hydrogen) atoms. The van der Waals surface area contributed by atoms with Crippen molar-refractivity contribution in [3.05, 3.63) is 29.8 Å². The summed E-state index contributed by atoms with van der Waals surface area (Å²) in [6.45, 7) is -2.91. The topological polar surface area (TPSA) is 55.4 Å². The lowest BCUT2D eigenvalue weighted by Gasteiger charge is -2.11. The van der Waals surface area contributed by atoms with Gasteiger partial charge < -0.3 is 4.74 Å². The van der Waals surface area contributed by atoms with Crippen molar-refractivity contribution in [1.29, 1.82) is 0 Å². The van der Waals surface area contributed by atoms with Crippen molar-refractivity contribution < 1.29 is 23.1 Å². The van der Waals surface area contributed by atoms with Gasteiger partial charge in [0.05, 0.1) is 5.92 Å². The van der Waals surface area contributed by atoms with Gasteiger partial charge in [0.2, 0.25) is 11.8 Å². The third-order valence-electron chi connectivity index (χ3n) is 2.54. The van der Waals surface area contributed by atoms with Crippen molar-refractivity contribution >= 4 is 23.4 Å². The van der Waals surface area contributed by atoms with Crippen LogP contribution in [0.15, 0.2) is 24.3 Å². The number of carbonyl (C=O) groups is 2. The fraction of sp³-hybridized carbons (Fsp3) is 0.273. The molecule has 0 spiro atoms. The van der Waals surface area contributed by atoms with Gasteiger partial charge in [0.15, 0.2) is 0 Å². The van der Waals surface area contributed by atoms with Gasteiger partial charge in [0.25, 0.3) is 0 Å².